The number of amides is 4. The number of hydrogen-bond acceptors (Lipinski definition) is 4. The van der Waals surface area contributed by atoms with Crippen molar-refractivity contribution in [3.8, 4) is 0 Å². The van der Waals surface area contributed by atoms with Crippen LogP contribution in [0, 0.1) is 11.8 Å². The van der Waals surface area contributed by atoms with Gasteiger partial charge in [-0.1, -0.05) is 26.8 Å². The number of likely N-dealkylation sites (tertiary alicyclic amines) is 2. The molecule has 0 N–H and O–H groups in total. The maximum Gasteiger partial charge on any atom is 0.322 e. The van der Waals surface area contributed by atoms with Gasteiger partial charge in [0.1, 0.15) is 0 Å². The first-order valence-electron chi connectivity index (χ1n) is 22.2. The lowest BCUT2D eigenvalue weighted by Crippen LogP contribution is -2.44. The fraction of sp³-hybridized carbons (Fsp3) is 0.542. The van der Waals surface area contributed by atoms with Crippen molar-refractivity contribution in [2.45, 2.75) is 118 Å². The predicted octanol–water partition coefficient (Wildman–Crippen LogP) is 8.70. The highest BCUT2D eigenvalue weighted by atomic mass is 19.3. The molecule has 4 amide bonds. The second-order valence-corrected chi connectivity index (χ2v) is 18.0. The molecule has 2 aromatic heterocycles. The number of carbonyl (C=O) groups is 4. The van der Waals surface area contributed by atoms with Crippen LogP contribution in [0.15, 0.2) is 49.1 Å². The van der Waals surface area contributed by atoms with Gasteiger partial charge in [-0.3, -0.25) is 19.2 Å². The lowest BCUT2D eigenvalue weighted by Gasteiger charge is -2.30. The van der Waals surface area contributed by atoms with Crippen molar-refractivity contribution < 1.29 is 36.7 Å². The Labute approximate surface area is 361 Å². The number of nitrogens with zero attached hydrogens (tertiary/aromatic N) is 6. The minimum absolute atomic E-state index is 0.00264. The van der Waals surface area contributed by atoms with E-state index in [-0.39, 0.29) is 38.0 Å². The number of piperidine rings is 2. The number of halogens is 4. The van der Waals surface area contributed by atoms with Gasteiger partial charge < -0.3 is 28.7 Å². The largest absolute Gasteiger partial charge is 0.344 e. The van der Waals surface area contributed by atoms with Gasteiger partial charge in [-0.2, -0.15) is 17.6 Å². The summed E-state index contributed by atoms with van der Waals surface area (Å²) in [6, 6.07) is 11.4. The first kappa shape index (κ1) is 44.9. The Balaban J connectivity index is 0.000000186. The Kier molecular flexibility index (Phi) is 13.0. The zero-order valence-electron chi connectivity index (χ0n) is 36.8. The lowest BCUT2D eigenvalue weighted by atomic mass is 9.98. The number of carbonyl (C=O) groups excluding carboxylic acids is 4. The SMILES string of the molecule is C=CCn1c2c(c3cc(C(=O)N4CCC(C)CC4)ccc31)CN(C(=O)C(C)(F)F)CC2.CCCn1c2c(c3cc(C(=O)N4CCC(C)CC4)ccc31)CN(C(=O)C(C)(F)F)CC2. The summed E-state index contributed by atoms with van der Waals surface area (Å²) in [6.45, 7) is 16.9. The number of allylic oxidation sites excluding steroid dienone is 1. The number of rotatable bonds is 8. The molecule has 334 valence electrons. The molecule has 8 rings (SSSR count). The van der Waals surface area contributed by atoms with Gasteiger partial charge in [0, 0.05) is 148 Å². The molecule has 10 nitrogen and oxygen atoms in total. The fourth-order valence-corrected chi connectivity index (χ4v) is 9.67. The van der Waals surface area contributed by atoms with Crippen LogP contribution in [0.1, 0.15) is 110 Å². The number of benzene rings is 2. The number of alkyl halides is 4. The third-order valence-electron chi connectivity index (χ3n) is 13.2. The number of hydrogen-bond donors (Lipinski definition) is 0. The topological polar surface area (TPSA) is 91.1 Å². The molecular weight excluding hydrogens is 801 g/mol. The Morgan fingerprint density at radius 2 is 1.05 bits per heavy atom. The van der Waals surface area contributed by atoms with Gasteiger partial charge >= 0.3 is 11.8 Å². The van der Waals surface area contributed by atoms with E-state index < -0.39 is 23.7 Å². The summed E-state index contributed by atoms with van der Waals surface area (Å²) in [6.07, 6.45) is 7.80. The average Bonchev–Trinajstić information content (AvgIpc) is 3.73. The molecule has 0 bridgehead atoms. The van der Waals surface area contributed by atoms with Crippen LogP contribution in [-0.2, 0) is 48.6 Å². The molecule has 0 saturated carbocycles. The molecular formula is C48H60F4N6O4. The minimum Gasteiger partial charge on any atom is -0.344 e. The molecule has 2 fully saturated rings. The van der Waals surface area contributed by atoms with Crippen LogP contribution < -0.4 is 0 Å². The summed E-state index contributed by atoms with van der Waals surface area (Å²) in [5, 5.41) is 1.75. The van der Waals surface area contributed by atoms with Crippen LogP contribution in [0.5, 0.6) is 0 Å². The highest BCUT2D eigenvalue weighted by Crippen LogP contribution is 2.36. The second kappa shape index (κ2) is 17.9. The van der Waals surface area contributed by atoms with Crippen molar-refractivity contribution >= 4 is 45.4 Å². The highest BCUT2D eigenvalue weighted by Gasteiger charge is 2.40. The van der Waals surface area contributed by atoms with Crippen LogP contribution in [0.3, 0.4) is 0 Å². The summed E-state index contributed by atoms with van der Waals surface area (Å²) < 4.78 is 59.0. The molecule has 0 radical (unpaired) electrons. The molecule has 4 aromatic rings. The Morgan fingerprint density at radius 3 is 1.44 bits per heavy atom. The van der Waals surface area contributed by atoms with E-state index in [9.17, 15) is 36.7 Å². The van der Waals surface area contributed by atoms with Crippen LogP contribution in [0.2, 0.25) is 0 Å². The van der Waals surface area contributed by atoms with E-state index in [1.54, 1.807) is 6.08 Å². The molecule has 6 heterocycles. The molecule has 4 aliphatic heterocycles. The fourth-order valence-electron chi connectivity index (χ4n) is 9.67. The van der Waals surface area contributed by atoms with Crippen molar-refractivity contribution in [1.82, 2.24) is 28.7 Å². The van der Waals surface area contributed by atoms with E-state index in [1.165, 1.54) is 9.80 Å². The minimum atomic E-state index is -3.40. The molecule has 4 aliphatic rings. The predicted molar refractivity (Wildman–Crippen MR) is 232 cm³/mol. The maximum absolute atomic E-state index is 13.7. The Bertz CT molecular complexity index is 2360. The molecule has 2 aromatic carbocycles. The number of fused-ring (bicyclic) bond motifs is 6. The van der Waals surface area contributed by atoms with Gasteiger partial charge in [0.25, 0.3) is 23.6 Å². The molecule has 2 saturated heterocycles. The van der Waals surface area contributed by atoms with Crippen molar-refractivity contribution in [3.63, 3.8) is 0 Å². The lowest BCUT2D eigenvalue weighted by molar-refractivity contribution is -0.156. The van der Waals surface area contributed by atoms with E-state index in [4.69, 9.17) is 0 Å². The van der Waals surface area contributed by atoms with Gasteiger partial charge in [-0.05, 0) is 80.3 Å². The van der Waals surface area contributed by atoms with Crippen LogP contribution in [0.4, 0.5) is 17.6 Å². The summed E-state index contributed by atoms with van der Waals surface area (Å²) in [5.74, 6) is -7.78. The standard InChI is InChI=1S/C24H31F2N3O2.C24H29F2N3O2/c2*1-4-10-29-20-6-5-17(22(30)27-11-7-16(2)8-12-27)14-18(20)19-15-28(13-9-21(19)29)23(31)24(3,25)26/h5-6,14,16H,4,7-13,15H2,1-3H3;4-6,14,16H,1,7-13,15H2,2-3H3. The molecule has 0 atom stereocenters. The van der Waals surface area contributed by atoms with Crippen LogP contribution >= 0.6 is 0 Å². The quantitative estimate of drug-likeness (QED) is 0.131. The summed E-state index contributed by atoms with van der Waals surface area (Å²) in [4.78, 5) is 56.9. The van der Waals surface area contributed by atoms with Gasteiger partial charge in [0.15, 0.2) is 0 Å². The summed E-state index contributed by atoms with van der Waals surface area (Å²) >= 11 is 0. The third kappa shape index (κ3) is 9.02. The van der Waals surface area contributed by atoms with E-state index in [0.29, 0.717) is 56.2 Å². The second-order valence-electron chi connectivity index (χ2n) is 18.0. The molecule has 0 spiro atoms. The molecule has 0 aliphatic carbocycles. The zero-order chi connectivity index (χ0) is 44.7. The van der Waals surface area contributed by atoms with Gasteiger partial charge in [0.05, 0.1) is 0 Å². The van der Waals surface area contributed by atoms with Crippen molar-refractivity contribution in [1.29, 1.82) is 0 Å². The summed E-state index contributed by atoms with van der Waals surface area (Å²) in [5.41, 5.74) is 7.04. The molecule has 0 unspecified atom stereocenters. The third-order valence-corrected chi connectivity index (χ3v) is 13.2. The Morgan fingerprint density at radius 1 is 0.645 bits per heavy atom. The van der Waals surface area contributed by atoms with Gasteiger partial charge in [-0.15, -0.1) is 6.58 Å². The molecule has 62 heavy (non-hydrogen) atoms. The summed E-state index contributed by atoms with van der Waals surface area (Å²) in [7, 11) is 0. The van der Waals surface area contributed by atoms with E-state index in [2.05, 4.69) is 36.5 Å². The number of aryl methyl sites for hydroxylation is 1. The maximum atomic E-state index is 13.7. The van der Waals surface area contributed by atoms with Crippen molar-refractivity contribution in [2.24, 2.45) is 11.8 Å². The molecule has 14 heteroatoms. The monoisotopic (exact) mass is 860 g/mol. The average molecular weight is 861 g/mol. The highest BCUT2D eigenvalue weighted by molar-refractivity contribution is 6.01. The van der Waals surface area contributed by atoms with Crippen LogP contribution in [0.25, 0.3) is 21.8 Å². The zero-order valence-corrected chi connectivity index (χ0v) is 36.8. The van der Waals surface area contributed by atoms with E-state index >= 15 is 0 Å². The van der Waals surface area contributed by atoms with E-state index in [1.807, 2.05) is 46.2 Å². The first-order chi connectivity index (χ1) is 29.4. The Hall–Kier alpha value is -5.14. The number of aromatic nitrogens is 2. The van der Waals surface area contributed by atoms with Crippen molar-refractivity contribution in [2.75, 3.05) is 39.3 Å². The van der Waals surface area contributed by atoms with Crippen molar-refractivity contribution in [3.05, 3.63) is 82.7 Å². The van der Waals surface area contributed by atoms with E-state index in [0.717, 1.165) is 109 Å². The normalized spacial score (nSPS) is 17.8. The van der Waals surface area contributed by atoms with Gasteiger partial charge in [-0.25, -0.2) is 0 Å². The van der Waals surface area contributed by atoms with Crippen LogP contribution in [-0.4, -0.2) is 103 Å². The van der Waals surface area contributed by atoms with Gasteiger partial charge in [0.2, 0.25) is 0 Å². The first-order valence-corrected chi connectivity index (χ1v) is 22.2. The smallest absolute Gasteiger partial charge is 0.322 e.